The van der Waals surface area contributed by atoms with Crippen LogP contribution in [0.5, 0.6) is 0 Å². The molecular formula is C15H27N3O2S. The van der Waals surface area contributed by atoms with Crippen LogP contribution in [-0.2, 0) is 23.6 Å². The molecule has 2 unspecified atom stereocenters. The van der Waals surface area contributed by atoms with Crippen LogP contribution in [-0.4, -0.2) is 37.7 Å². The Balaban J connectivity index is 0.00000106. The quantitative estimate of drug-likeness (QED) is 0.843. The first-order valence-corrected chi connectivity index (χ1v) is 9.17. The van der Waals surface area contributed by atoms with E-state index in [-0.39, 0.29) is 12.6 Å². The van der Waals surface area contributed by atoms with Crippen LogP contribution >= 0.6 is 0 Å². The van der Waals surface area contributed by atoms with Gasteiger partial charge in [0.15, 0.2) is 0 Å². The first-order chi connectivity index (χ1) is 10.2. The summed E-state index contributed by atoms with van der Waals surface area (Å²) in [6.07, 6.45) is 3.10. The third-order valence-corrected chi connectivity index (χ3v) is 4.82. The minimum Gasteiger partial charge on any atom is -0.396 e. The van der Waals surface area contributed by atoms with Gasteiger partial charge in [0, 0.05) is 31.2 Å². The lowest BCUT2D eigenvalue weighted by molar-refractivity contribution is 0.278. The average Bonchev–Trinajstić information content (AvgIpc) is 2.90. The molecule has 1 aromatic rings. The van der Waals surface area contributed by atoms with Gasteiger partial charge >= 0.3 is 0 Å². The lowest BCUT2D eigenvalue weighted by atomic mass is 10.1. The van der Waals surface area contributed by atoms with Crippen LogP contribution in [0.4, 0.5) is 5.82 Å². The summed E-state index contributed by atoms with van der Waals surface area (Å²) in [4.78, 5) is 9.73. The van der Waals surface area contributed by atoms with Crippen molar-refractivity contribution in [3.8, 4) is 0 Å². The van der Waals surface area contributed by atoms with Gasteiger partial charge in [0.05, 0.1) is 16.5 Å². The number of aromatic nitrogens is 2. The van der Waals surface area contributed by atoms with Gasteiger partial charge in [-0.1, -0.05) is 27.7 Å². The Morgan fingerprint density at radius 1 is 1.33 bits per heavy atom. The number of aliphatic hydroxyl groups excluding tert-OH is 1. The fourth-order valence-corrected chi connectivity index (χ4v) is 3.55. The van der Waals surface area contributed by atoms with E-state index in [9.17, 15) is 4.21 Å². The number of fused-ring (bicyclic) bond motifs is 1. The molecule has 0 saturated carbocycles. The predicted molar refractivity (Wildman–Crippen MR) is 87.1 cm³/mol. The van der Waals surface area contributed by atoms with Gasteiger partial charge in [0.1, 0.15) is 16.5 Å². The predicted octanol–water partition coefficient (Wildman–Crippen LogP) is 2.30. The topological polar surface area (TPSA) is 75.1 Å². The second-order valence-corrected chi connectivity index (χ2v) is 6.19. The summed E-state index contributed by atoms with van der Waals surface area (Å²) in [5, 5.41) is 12.4. The molecule has 0 aromatic carbocycles. The minimum absolute atomic E-state index is 0.141. The summed E-state index contributed by atoms with van der Waals surface area (Å²) in [6.45, 7) is 8.22. The van der Waals surface area contributed by atoms with Crippen LogP contribution in [0.1, 0.15) is 52.1 Å². The van der Waals surface area contributed by atoms with Gasteiger partial charge in [-0.3, -0.25) is 4.21 Å². The number of rotatable bonds is 6. The molecule has 1 aromatic heterocycles. The molecule has 2 N–H and O–H groups in total. The second kappa shape index (κ2) is 9.10. The smallest absolute Gasteiger partial charge is 0.146 e. The molecule has 2 heterocycles. The van der Waals surface area contributed by atoms with Crippen molar-refractivity contribution in [2.75, 3.05) is 17.7 Å². The first kappa shape index (κ1) is 18.0. The summed E-state index contributed by atoms with van der Waals surface area (Å²) < 4.78 is 12.1. The fourth-order valence-electron chi connectivity index (χ4n) is 2.23. The maximum atomic E-state index is 12.1. The molecule has 0 fully saturated rings. The molecule has 1 aliphatic rings. The monoisotopic (exact) mass is 313 g/mol. The zero-order valence-corrected chi connectivity index (χ0v) is 14.3. The molecular weight excluding hydrogens is 286 g/mol. The van der Waals surface area contributed by atoms with Crippen LogP contribution in [0.25, 0.3) is 0 Å². The van der Waals surface area contributed by atoms with Crippen LogP contribution < -0.4 is 5.32 Å². The molecule has 6 heteroatoms. The molecule has 120 valence electrons. The highest BCUT2D eigenvalue weighted by Crippen LogP contribution is 2.28. The Labute approximate surface area is 130 Å². The SMILES string of the molecule is CC.CCc1nc2c(c(NC(CC)CCO)n1)S(=O)CC2. The van der Waals surface area contributed by atoms with Gasteiger partial charge in [-0.15, -0.1) is 0 Å². The highest BCUT2D eigenvalue weighted by atomic mass is 32.2. The lowest BCUT2D eigenvalue weighted by Gasteiger charge is -2.18. The molecule has 0 saturated heterocycles. The zero-order chi connectivity index (χ0) is 15.8. The molecule has 0 amide bonds. The number of hydrogen-bond acceptors (Lipinski definition) is 5. The molecule has 0 radical (unpaired) electrons. The lowest BCUT2D eigenvalue weighted by Crippen LogP contribution is -2.22. The fraction of sp³-hybridized carbons (Fsp3) is 0.733. The van der Waals surface area contributed by atoms with E-state index in [2.05, 4.69) is 22.2 Å². The number of anilines is 1. The van der Waals surface area contributed by atoms with E-state index in [1.54, 1.807) is 0 Å². The Morgan fingerprint density at radius 2 is 2.05 bits per heavy atom. The third-order valence-electron chi connectivity index (χ3n) is 3.36. The largest absolute Gasteiger partial charge is 0.396 e. The Morgan fingerprint density at radius 3 is 2.62 bits per heavy atom. The van der Waals surface area contributed by atoms with Crippen LogP contribution in [0.3, 0.4) is 0 Å². The Hall–Kier alpha value is -1.01. The minimum atomic E-state index is -0.992. The molecule has 21 heavy (non-hydrogen) atoms. The summed E-state index contributed by atoms with van der Waals surface area (Å²) in [5.74, 6) is 2.14. The molecule has 0 spiro atoms. The van der Waals surface area contributed by atoms with Crippen molar-refractivity contribution in [1.29, 1.82) is 0 Å². The second-order valence-electron chi connectivity index (χ2n) is 4.68. The summed E-state index contributed by atoms with van der Waals surface area (Å²) in [6, 6.07) is 0.159. The summed E-state index contributed by atoms with van der Waals surface area (Å²) in [7, 11) is -0.992. The van der Waals surface area contributed by atoms with Gasteiger partial charge in [0.2, 0.25) is 0 Å². The number of nitrogens with zero attached hydrogens (tertiary/aromatic N) is 2. The van der Waals surface area contributed by atoms with Crippen molar-refractivity contribution in [2.45, 2.75) is 64.3 Å². The van der Waals surface area contributed by atoms with Crippen molar-refractivity contribution >= 4 is 16.6 Å². The normalized spacial score (nSPS) is 17.7. The van der Waals surface area contributed by atoms with Gasteiger partial charge in [-0.25, -0.2) is 9.97 Å². The van der Waals surface area contributed by atoms with E-state index < -0.39 is 10.8 Å². The molecule has 5 nitrogen and oxygen atoms in total. The third kappa shape index (κ3) is 4.48. The number of nitrogens with one attached hydrogen (secondary N) is 1. The van der Waals surface area contributed by atoms with E-state index in [0.29, 0.717) is 18.0 Å². The molecule has 1 aliphatic heterocycles. The van der Waals surface area contributed by atoms with Crippen molar-refractivity contribution in [2.24, 2.45) is 0 Å². The summed E-state index contributed by atoms with van der Waals surface area (Å²) >= 11 is 0. The summed E-state index contributed by atoms with van der Waals surface area (Å²) in [5.41, 5.74) is 0.923. The Kier molecular flexibility index (Phi) is 7.82. The molecule has 0 bridgehead atoms. The van der Waals surface area contributed by atoms with Crippen molar-refractivity contribution < 1.29 is 9.32 Å². The van der Waals surface area contributed by atoms with Crippen LogP contribution in [0, 0.1) is 0 Å². The maximum Gasteiger partial charge on any atom is 0.146 e. The number of aryl methyl sites for hydroxylation is 2. The molecule has 0 aliphatic carbocycles. The van der Waals surface area contributed by atoms with E-state index in [1.165, 1.54) is 0 Å². The van der Waals surface area contributed by atoms with E-state index in [4.69, 9.17) is 5.11 Å². The molecule has 2 rings (SSSR count). The first-order valence-electron chi connectivity index (χ1n) is 7.85. The average molecular weight is 313 g/mol. The van der Waals surface area contributed by atoms with Gasteiger partial charge in [-0.05, 0) is 12.8 Å². The maximum absolute atomic E-state index is 12.1. The van der Waals surface area contributed by atoms with Gasteiger partial charge in [0.25, 0.3) is 0 Å². The van der Waals surface area contributed by atoms with E-state index in [0.717, 1.165) is 35.7 Å². The van der Waals surface area contributed by atoms with E-state index in [1.807, 2.05) is 20.8 Å². The Bertz CT molecular complexity index is 480. The number of aliphatic hydroxyl groups is 1. The molecule has 2 atom stereocenters. The highest BCUT2D eigenvalue weighted by Gasteiger charge is 2.26. The van der Waals surface area contributed by atoms with Gasteiger partial charge in [-0.2, -0.15) is 0 Å². The van der Waals surface area contributed by atoms with E-state index >= 15 is 0 Å². The zero-order valence-electron chi connectivity index (χ0n) is 13.5. The highest BCUT2D eigenvalue weighted by molar-refractivity contribution is 7.85. The van der Waals surface area contributed by atoms with Crippen molar-refractivity contribution in [3.05, 3.63) is 11.5 Å². The van der Waals surface area contributed by atoms with Crippen LogP contribution in [0.2, 0.25) is 0 Å². The standard InChI is InChI=1S/C13H21N3O2S.C2H6/c1-3-9(5-7-17)14-13-12-10(6-8-19(12)18)15-11(4-2)16-13;1-2/h9,17H,3-8H2,1-2H3,(H,14,15,16);1-2H3. The van der Waals surface area contributed by atoms with Gasteiger partial charge < -0.3 is 10.4 Å². The van der Waals surface area contributed by atoms with Crippen LogP contribution in [0.15, 0.2) is 4.90 Å². The van der Waals surface area contributed by atoms with Crippen molar-refractivity contribution in [3.63, 3.8) is 0 Å². The van der Waals surface area contributed by atoms with Crippen molar-refractivity contribution in [1.82, 2.24) is 9.97 Å². The number of hydrogen-bond donors (Lipinski definition) is 2.